The Labute approximate surface area is 150 Å². The van der Waals surface area contributed by atoms with Crippen molar-refractivity contribution in [1.29, 1.82) is 0 Å². The van der Waals surface area contributed by atoms with Crippen molar-refractivity contribution in [3.05, 3.63) is 67.9 Å². The number of hydrogen-bond donors (Lipinski definition) is 1. The molecular formula is C15H9Cl2FN2O5. The monoisotopic (exact) mass is 386 g/mol. The molecule has 0 aliphatic heterocycles. The number of nitro benzene ring substituents is 1. The zero-order chi connectivity index (χ0) is 18.6. The number of hydrogen-bond acceptors (Lipinski definition) is 5. The van der Waals surface area contributed by atoms with Crippen LogP contribution in [0.25, 0.3) is 0 Å². The second-order valence-electron chi connectivity index (χ2n) is 4.67. The summed E-state index contributed by atoms with van der Waals surface area (Å²) in [5, 5.41) is 13.4. The number of anilines is 1. The Morgan fingerprint density at radius 3 is 2.52 bits per heavy atom. The van der Waals surface area contributed by atoms with Gasteiger partial charge < -0.3 is 10.1 Å². The van der Waals surface area contributed by atoms with E-state index in [-0.39, 0.29) is 21.3 Å². The average molecular weight is 387 g/mol. The van der Waals surface area contributed by atoms with Gasteiger partial charge in [-0.15, -0.1) is 0 Å². The van der Waals surface area contributed by atoms with Crippen LogP contribution in [0.5, 0.6) is 0 Å². The number of nitrogens with one attached hydrogen (secondary N) is 1. The fourth-order valence-electron chi connectivity index (χ4n) is 1.79. The van der Waals surface area contributed by atoms with E-state index < -0.39 is 34.9 Å². The van der Waals surface area contributed by atoms with Gasteiger partial charge in [-0.05, 0) is 30.3 Å². The van der Waals surface area contributed by atoms with Crippen LogP contribution in [0.3, 0.4) is 0 Å². The van der Waals surface area contributed by atoms with E-state index in [9.17, 15) is 24.1 Å². The van der Waals surface area contributed by atoms with Gasteiger partial charge in [-0.1, -0.05) is 23.2 Å². The second-order valence-corrected chi connectivity index (χ2v) is 5.49. The summed E-state index contributed by atoms with van der Waals surface area (Å²) in [5.74, 6) is -2.49. The Morgan fingerprint density at radius 2 is 1.88 bits per heavy atom. The summed E-state index contributed by atoms with van der Waals surface area (Å²) < 4.78 is 17.8. The molecule has 0 aliphatic carbocycles. The van der Waals surface area contributed by atoms with Crippen LogP contribution in [-0.2, 0) is 9.53 Å². The quantitative estimate of drug-likeness (QED) is 0.478. The van der Waals surface area contributed by atoms with E-state index in [0.29, 0.717) is 6.07 Å². The van der Waals surface area contributed by atoms with E-state index in [0.717, 1.165) is 12.1 Å². The summed E-state index contributed by atoms with van der Waals surface area (Å²) in [6, 6.07) is 6.67. The Bertz CT molecular complexity index is 860. The van der Waals surface area contributed by atoms with Crippen molar-refractivity contribution in [2.24, 2.45) is 0 Å². The molecule has 7 nitrogen and oxygen atoms in total. The summed E-state index contributed by atoms with van der Waals surface area (Å²) in [7, 11) is 0. The molecule has 0 saturated heterocycles. The van der Waals surface area contributed by atoms with E-state index in [1.54, 1.807) is 0 Å². The average Bonchev–Trinajstić information content (AvgIpc) is 2.56. The minimum absolute atomic E-state index is 0.0787. The Morgan fingerprint density at radius 1 is 1.16 bits per heavy atom. The van der Waals surface area contributed by atoms with Gasteiger partial charge in [-0.3, -0.25) is 14.9 Å². The zero-order valence-corrected chi connectivity index (χ0v) is 13.8. The van der Waals surface area contributed by atoms with Crippen molar-refractivity contribution in [1.82, 2.24) is 0 Å². The van der Waals surface area contributed by atoms with Gasteiger partial charge in [0.2, 0.25) is 0 Å². The second kappa shape index (κ2) is 7.91. The lowest BCUT2D eigenvalue weighted by Gasteiger charge is -2.07. The van der Waals surface area contributed by atoms with Crippen molar-refractivity contribution < 1.29 is 23.6 Å². The summed E-state index contributed by atoms with van der Waals surface area (Å²) in [4.78, 5) is 33.6. The Kier molecular flexibility index (Phi) is 5.89. The maximum absolute atomic E-state index is 13.0. The maximum atomic E-state index is 13.0. The van der Waals surface area contributed by atoms with Crippen LogP contribution >= 0.6 is 23.2 Å². The highest BCUT2D eigenvalue weighted by Gasteiger charge is 2.18. The lowest BCUT2D eigenvalue weighted by atomic mass is 10.2. The van der Waals surface area contributed by atoms with E-state index in [1.165, 1.54) is 18.2 Å². The third kappa shape index (κ3) is 4.88. The number of rotatable bonds is 5. The molecule has 0 heterocycles. The first-order valence-electron chi connectivity index (χ1n) is 6.64. The van der Waals surface area contributed by atoms with E-state index in [1.807, 2.05) is 0 Å². The van der Waals surface area contributed by atoms with Gasteiger partial charge in [0.15, 0.2) is 6.61 Å². The van der Waals surface area contributed by atoms with Gasteiger partial charge in [0.1, 0.15) is 11.5 Å². The number of halogens is 3. The SMILES string of the molecule is O=C(COC(=O)c1ccc(Cl)c(Cl)c1)Nc1ccc(F)cc1[N+](=O)[O-]. The van der Waals surface area contributed by atoms with E-state index >= 15 is 0 Å². The lowest BCUT2D eigenvalue weighted by molar-refractivity contribution is -0.384. The third-order valence-electron chi connectivity index (χ3n) is 2.92. The lowest BCUT2D eigenvalue weighted by Crippen LogP contribution is -2.21. The Balaban J connectivity index is 2.00. The van der Waals surface area contributed by atoms with Crippen molar-refractivity contribution in [2.45, 2.75) is 0 Å². The fraction of sp³-hybridized carbons (Fsp3) is 0.0667. The molecule has 2 aromatic rings. The predicted octanol–water partition coefficient (Wildman–Crippen LogP) is 3.84. The highest BCUT2D eigenvalue weighted by atomic mass is 35.5. The van der Waals surface area contributed by atoms with Crippen LogP contribution in [0, 0.1) is 15.9 Å². The first-order chi connectivity index (χ1) is 11.8. The number of carbonyl (C=O) groups excluding carboxylic acids is 2. The number of nitro groups is 1. The van der Waals surface area contributed by atoms with Crippen LogP contribution in [-0.4, -0.2) is 23.4 Å². The fourth-order valence-corrected chi connectivity index (χ4v) is 2.08. The molecule has 0 aliphatic rings. The van der Waals surface area contributed by atoms with Crippen LogP contribution in [0.4, 0.5) is 15.8 Å². The van der Waals surface area contributed by atoms with Gasteiger partial charge in [0.25, 0.3) is 11.6 Å². The van der Waals surface area contributed by atoms with Crippen LogP contribution < -0.4 is 5.32 Å². The zero-order valence-electron chi connectivity index (χ0n) is 12.3. The number of esters is 1. The largest absolute Gasteiger partial charge is 0.452 e. The maximum Gasteiger partial charge on any atom is 0.338 e. The highest BCUT2D eigenvalue weighted by molar-refractivity contribution is 6.42. The number of nitrogens with zero attached hydrogens (tertiary/aromatic N) is 1. The topological polar surface area (TPSA) is 98.5 Å². The molecule has 2 rings (SSSR count). The molecule has 25 heavy (non-hydrogen) atoms. The number of amides is 1. The molecule has 1 amide bonds. The number of carbonyl (C=O) groups is 2. The third-order valence-corrected chi connectivity index (χ3v) is 3.66. The number of benzene rings is 2. The van der Waals surface area contributed by atoms with Crippen molar-refractivity contribution >= 4 is 46.5 Å². The standard InChI is InChI=1S/C15H9Cl2FN2O5/c16-10-3-1-8(5-11(10)17)15(22)25-7-14(21)19-12-4-2-9(18)6-13(12)20(23)24/h1-6H,7H2,(H,19,21). The molecule has 0 fully saturated rings. The predicted molar refractivity (Wildman–Crippen MR) is 88.4 cm³/mol. The Hall–Kier alpha value is -2.71. The van der Waals surface area contributed by atoms with E-state index in [4.69, 9.17) is 27.9 Å². The minimum atomic E-state index is -0.847. The molecular weight excluding hydrogens is 378 g/mol. The van der Waals surface area contributed by atoms with Crippen molar-refractivity contribution in [2.75, 3.05) is 11.9 Å². The van der Waals surface area contributed by atoms with Crippen LogP contribution in [0.1, 0.15) is 10.4 Å². The molecule has 0 bridgehead atoms. The van der Waals surface area contributed by atoms with Gasteiger partial charge in [-0.2, -0.15) is 0 Å². The summed E-state index contributed by atoms with van der Waals surface area (Å²) >= 11 is 11.5. The summed E-state index contributed by atoms with van der Waals surface area (Å²) in [6.07, 6.45) is 0. The van der Waals surface area contributed by atoms with Gasteiger partial charge in [-0.25, -0.2) is 9.18 Å². The highest BCUT2D eigenvalue weighted by Crippen LogP contribution is 2.25. The molecule has 10 heteroatoms. The molecule has 0 spiro atoms. The molecule has 0 atom stereocenters. The van der Waals surface area contributed by atoms with Crippen LogP contribution in [0.2, 0.25) is 10.0 Å². The van der Waals surface area contributed by atoms with Crippen molar-refractivity contribution in [3.8, 4) is 0 Å². The summed E-state index contributed by atoms with van der Waals surface area (Å²) in [5.41, 5.74) is -0.763. The molecule has 1 N–H and O–H groups in total. The summed E-state index contributed by atoms with van der Waals surface area (Å²) in [6.45, 7) is -0.701. The van der Waals surface area contributed by atoms with Gasteiger partial charge >= 0.3 is 5.97 Å². The van der Waals surface area contributed by atoms with E-state index in [2.05, 4.69) is 5.32 Å². The molecule has 0 unspecified atom stereocenters. The van der Waals surface area contributed by atoms with Crippen molar-refractivity contribution in [3.63, 3.8) is 0 Å². The smallest absolute Gasteiger partial charge is 0.338 e. The number of ether oxygens (including phenoxy) is 1. The van der Waals surface area contributed by atoms with Gasteiger partial charge in [0, 0.05) is 0 Å². The molecule has 0 aromatic heterocycles. The first kappa shape index (κ1) is 18.6. The molecule has 0 saturated carbocycles. The first-order valence-corrected chi connectivity index (χ1v) is 7.39. The molecule has 2 aromatic carbocycles. The molecule has 0 radical (unpaired) electrons. The van der Waals surface area contributed by atoms with Crippen LogP contribution in [0.15, 0.2) is 36.4 Å². The minimum Gasteiger partial charge on any atom is -0.452 e. The molecule has 130 valence electrons. The van der Waals surface area contributed by atoms with Gasteiger partial charge in [0.05, 0.1) is 26.6 Å². The normalized spacial score (nSPS) is 10.2.